The normalized spacial score (nSPS) is 16.5. The van der Waals surface area contributed by atoms with Crippen LogP contribution in [0.1, 0.15) is 12.8 Å². The van der Waals surface area contributed by atoms with Gasteiger partial charge in [0, 0.05) is 27.8 Å². The van der Waals surface area contributed by atoms with Gasteiger partial charge in [-0.2, -0.15) is 0 Å². The summed E-state index contributed by atoms with van der Waals surface area (Å²) in [6.07, 6.45) is 3.51. The number of rotatable bonds is 4. The van der Waals surface area contributed by atoms with E-state index >= 15 is 0 Å². The molecule has 0 spiro atoms. The monoisotopic (exact) mass is 465 g/mol. The van der Waals surface area contributed by atoms with Crippen LogP contribution in [0.25, 0.3) is 10.9 Å². The predicted octanol–water partition coefficient (Wildman–Crippen LogP) is 4.29. The van der Waals surface area contributed by atoms with Crippen molar-refractivity contribution in [3.05, 3.63) is 59.0 Å². The first-order valence-corrected chi connectivity index (χ1v) is 11.3. The van der Waals surface area contributed by atoms with Gasteiger partial charge in [-0.1, -0.05) is 6.07 Å². The van der Waals surface area contributed by atoms with Crippen molar-refractivity contribution in [2.24, 2.45) is 0 Å². The number of halogens is 2. The van der Waals surface area contributed by atoms with Crippen LogP contribution in [-0.4, -0.2) is 43.5 Å². The Morgan fingerprint density at radius 1 is 1.14 bits per heavy atom. The summed E-state index contributed by atoms with van der Waals surface area (Å²) in [7, 11) is -1.71. The fraction of sp³-hybridized carbons (Fsp3) is 0.300. The van der Waals surface area contributed by atoms with Crippen molar-refractivity contribution in [1.29, 1.82) is 0 Å². The topological polar surface area (TPSA) is 54.3 Å². The Balaban J connectivity index is 1.67. The average molecular weight is 466 g/mol. The summed E-state index contributed by atoms with van der Waals surface area (Å²) in [4.78, 5) is 2.48. The van der Waals surface area contributed by atoms with E-state index in [0.717, 1.165) is 31.6 Å². The second-order valence-electron chi connectivity index (χ2n) is 7.19. The number of benzene rings is 2. The highest BCUT2D eigenvalue weighted by atomic mass is 79.9. The van der Waals surface area contributed by atoms with E-state index in [1.165, 1.54) is 28.4 Å². The van der Waals surface area contributed by atoms with Crippen LogP contribution in [-0.2, 0) is 10.0 Å². The molecular weight excluding hydrogens is 445 g/mol. The van der Waals surface area contributed by atoms with E-state index in [2.05, 4.69) is 33.2 Å². The van der Waals surface area contributed by atoms with Crippen molar-refractivity contribution < 1.29 is 12.8 Å². The molecule has 28 heavy (non-hydrogen) atoms. The number of likely N-dealkylation sites (tertiary alicyclic amines) is 1. The standard InChI is InChI=1S/C20H21BrFN3O2S/c1-24-9-7-15(8-10-24)23-16-3-2-4-17(12-16)28(26,27)25-13-19(21)18-11-14(22)5-6-20(18)25/h2-6,11-13,15,23H,7-10H2,1H3. The van der Waals surface area contributed by atoms with Gasteiger partial charge in [0.05, 0.1) is 10.4 Å². The van der Waals surface area contributed by atoms with Gasteiger partial charge in [0.25, 0.3) is 10.0 Å². The molecule has 3 aromatic rings. The quantitative estimate of drug-likeness (QED) is 0.624. The predicted molar refractivity (Wildman–Crippen MR) is 113 cm³/mol. The Labute approximate surface area is 172 Å². The smallest absolute Gasteiger partial charge is 0.268 e. The zero-order valence-electron chi connectivity index (χ0n) is 15.4. The molecule has 1 saturated heterocycles. The summed E-state index contributed by atoms with van der Waals surface area (Å²) >= 11 is 3.33. The lowest BCUT2D eigenvalue weighted by molar-refractivity contribution is 0.264. The second kappa shape index (κ2) is 7.50. The first-order chi connectivity index (χ1) is 13.3. The fourth-order valence-electron chi connectivity index (χ4n) is 3.58. The minimum atomic E-state index is -3.81. The molecule has 1 aromatic heterocycles. The van der Waals surface area contributed by atoms with Crippen molar-refractivity contribution in [2.45, 2.75) is 23.8 Å². The zero-order chi connectivity index (χ0) is 19.9. The lowest BCUT2D eigenvalue weighted by Gasteiger charge is -2.30. The molecule has 1 aliphatic heterocycles. The summed E-state index contributed by atoms with van der Waals surface area (Å²) in [5.41, 5.74) is 1.22. The molecule has 2 aromatic carbocycles. The first kappa shape index (κ1) is 19.4. The molecule has 0 atom stereocenters. The van der Waals surface area contributed by atoms with Crippen LogP contribution in [0.4, 0.5) is 10.1 Å². The second-order valence-corrected chi connectivity index (χ2v) is 9.86. The van der Waals surface area contributed by atoms with Crippen molar-refractivity contribution in [3.63, 3.8) is 0 Å². The highest BCUT2D eigenvalue weighted by Gasteiger charge is 2.22. The van der Waals surface area contributed by atoms with E-state index in [1.807, 2.05) is 6.07 Å². The van der Waals surface area contributed by atoms with E-state index in [-0.39, 0.29) is 4.90 Å². The highest BCUT2D eigenvalue weighted by molar-refractivity contribution is 9.10. The third-order valence-electron chi connectivity index (χ3n) is 5.16. The number of nitrogens with zero attached hydrogens (tertiary/aromatic N) is 2. The number of fused-ring (bicyclic) bond motifs is 1. The minimum Gasteiger partial charge on any atom is -0.382 e. The molecule has 0 unspecified atom stereocenters. The van der Waals surface area contributed by atoms with Gasteiger partial charge in [0.15, 0.2) is 0 Å². The summed E-state index contributed by atoms with van der Waals surface area (Å²) in [5.74, 6) is -0.410. The van der Waals surface area contributed by atoms with Crippen molar-refractivity contribution in [2.75, 3.05) is 25.5 Å². The number of nitrogens with one attached hydrogen (secondary N) is 1. The molecule has 0 amide bonds. The van der Waals surface area contributed by atoms with Gasteiger partial charge in [0.1, 0.15) is 5.82 Å². The van der Waals surface area contributed by atoms with Crippen molar-refractivity contribution >= 4 is 42.5 Å². The zero-order valence-corrected chi connectivity index (χ0v) is 17.8. The maximum absolute atomic E-state index is 13.6. The summed E-state index contributed by atoms with van der Waals surface area (Å²) in [5, 5.41) is 3.97. The largest absolute Gasteiger partial charge is 0.382 e. The van der Waals surface area contributed by atoms with Crippen LogP contribution in [0.15, 0.2) is 58.0 Å². The molecule has 2 heterocycles. The minimum absolute atomic E-state index is 0.194. The van der Waals surface area contributed by atoms with E-state index in [1.54, 1.807) is 18.2 Å². The number of piperidine rings is 1. The molecule has 0 bridgehead atoms. The summed E-state index contributed by atoms with van der Waals surface area (Å²) < 4.78 is 41.8. The Morgan fingerprint density at radius 3 is 2.64 bits per heavy atom. The Morgan fingerprint density at radius 2 is 1.89 bits per heavy atom. The number of anilines is 1. The van der Waals surface area contributed by atoms with Crippen molar-refractivity contribution in [1.82, 2.24) is 8.87 Å². The molecule has 1 aliphatic rings. The van der Waals surface area contributed by atoms with E-state index in [9.17, 15) is 12.8 Å². The summed E-state index contributed by atoms with van der Waals surface area (Å²) in [6.45, 7) is 2.05. The number of aromatic nitrogens is 1. The van der Waals surface area contributed by atoms with Crippen LogP contribution in [0.3, 0.4) is 0 Å². The Bertz CT molecular complexity index is 1120. The van der Waals surface area contributed by atoms with Crippen molar-refractivity contribution in [3.8, 4) is 0 Å². The maximum atomic E-state index is 13.6. The van der Waals surface area contributed by atoms with Gasteiger partial charge >= 0.3 is 0 Å². The van der Waals surface area contributed by atoms with Gasteiger partial charge in [-0.3, -0.25) is 0 Å². The molecule has 4 rings (SSSR count). The van der Waals surface area contributed by atoms with Gasteiger partial charge in [-0.05, 0) is 85.3 Å². The highest BCUT2D eigenvalue weighted by Crippen LogP contribution is 2.31. The Hall–Kier alpha value is -1.90. The maximum Gasteiger partial charge on any atom is 0.268 e. The lowest BCUT2D eigenvalue weighted by atomic mass is 10.1. The van der Waals surface area contributed by atoms with E-state index in [4.69, 9.17) is 0 Å². The number of hydrogen-bond acceptors (Lipinski definition) is 4. The van der Waals surface area contributed by atoms with Crippen LogP contribution < -0.4 is 5.32 Å². The molecule has 1 fully saturated rings. The Kier molecular flexibility index (Phi) is 5.20. The molecule has 1 N–H and O–H groups in total. The van der Waals surface area contributed by atoms with E-state index in [0.29, 0.717) is 21.4 Å². The van der Waals surface area contributed by atoms with E-state index < -0.39 is 15.8 Å². The van der Waals surface area contributed by atoms with Gasteiger partial charge < -0.3 is 10.2 Å². The molecule has 0 radical (unpaired) electrons. The third-order valence-corrected chi connectivity index (χ3v) is 7.47. The van der Waals surface area contributed by atoms with Crippen LogP contribution in [0.2, 0.25) is 0 Å². The summed E-state index contributed by atoms with van der Waals surface area (Å²) in [6, 6.07) is 11.3. The van der Waals surface area contributed by atoms with Crippen LogP contribution in [0.5, 0.6) is 0 Å². The molecule has 0 saturated carbocycles. The molecule has 5 nitrogen and oxygen atoms in total. The van der Waals surface area contributed by atoms with Gasteiger partial charge in [-0.25, -0.2) is 16.8 Å². The van der Waals surface area contributed by atoms with Gasteiger partial charge in [-0.15, -0.1) is 0 Å². The fourth-order valence-corrected chi connectivity index (χ4v) is 5.65. The van der Waals surface area contributed by atoms with Crippen LogP contribution in [0, 0.1) is 5.82 Å². The SMILES string of the molecule is CN1CCC(Nc2cccc(S(=O)(=O)n3cc(Br)c4cc(F)ccc43)c2)CC1. The van der Waals surface area contributed by atoms with Gasteiger partial charge in [0.2, 0.25) is 0 Å². The molecule has 8 heteroatoms. The molecular formula is C20H21BrFN3O2S. The molecule has 148 valence electrons. The molecule has 0 aliphatic carbocycles. The lowest BCUT2D eigenvalue weighted by Crippen LogP contribution is -2.36. The van der Waals surface area contributed by atoms with Crippen LogP contribution >= 0.6 is 15.9 Å². The number of hydrogen-bond donors (Lipinski definition) is 1. The first-order valence-electron chi connectivity index (χ1n) is 9.11. The third kappa shape index (κ3) is 3.68. The average Bonchev–Trinajstić information content (AvgIpc) is 3.01.